The lowest BCUT2D eigenvalue weighted by molar-refractivity contribution is 0.401. The predicted octanol–water partition coefficient (Wildman–Crippen LogP) is 0.113. The fourth-order valence-electron chi connectivity index (χ4n) is 3.26. The summed E-state index contributed by atoms with van der Waals surface area (Å²) in [7, 11) is -1.89. The Morgan fingerprint density at radius 2 is 2.12 bits per heavy atom. The molecule has 8 nitrogen and oxygen atoms in total. The first-order valence-electron chi connectivity index (χ1n) is 8.10. The largest absolute Gasteiger partial charge is 0.354 e. The lowest BCUT2D eigenvalue weighted by Crippen LogP contribution is -2.52. The molecule has 0 spiro atoms. The van der Waals surface area contributed by atoms with E-state index >= 15 is 0 Å². The van der Waals surface area contributed by atoms with E-state index in [1.807, 2.05) is 0 Å². The van der Waals surface area contributed by atoms with Gasteiger partial charge in [0.25, 0.3) is 10.0 Å². The molecule has 0 amide bonds. The van der Waals surface area contributed by atoms with E-state index in [-0.39, 0.29) is 11.1 Å². The van der Waals surface area contributed by atoms with Crippen LogP contribution in [0.2, 0.25) is 0 Å². The van der Waals surface area contributed by atoms with Crippen LogP contribution in [0.5, 0.6) is 0 Å². The summed E-state index contributed by atoms with van der Waals surface area (Å²) in [5.74, 6) is 1.17. The van der Waals surface area contributed by atoms with Crippen molar-refractivity contribution >= 4 is 15.8 Å². The Balaban J connectivity index is 1.33. The second-order valence-electron chi connectivity index (χ2n) is 6.47. The first kappa shape index (κ1) is 15.5. The maximum Gasteiger partial charge on any atom is 0.274 e. The molecular weight excluding hydrogens is 328 g/mol. The van der Waals surface area contributed by atoms with Crippen molar-refractivity contribution in [1.29, 1.82) is 0 Å². The average Bonchev–Trinajstić information content (AvgIpc) is 3.13. The number of fused-ring (bicyclic) bond motifs is 1. The third kappa shape index (κ3) is 2.78. The summed E-state index contributed by atoms with van der Waals surface area (Å²) in [6.07, 6.45) is 6.36. The van der Waals surface area contributed by atoms with Crippen LogP contribution in [0.15, 0.2) is 23.6 Å². The maximum atomic E-state index is 12.2. The van der Waals surface area contributed by atoms with E-state index in [0.717, 1.165) is 43.9 Å². The van der Waals surface area contributed by atoms with Gasteiger partial charge >= 0.3 is 0 Å². The second kappa shape index (κ2) is 5.82. The van der Waals surface area contributed by atoms with Crippen molar-refractivity contribution < 1.29 is 8.42 Å². The molecule has 2 aromatic rings. The number of aromatic nitrogens is 4. The van der Waals surface area contributed by atoms with E-state index in [1.54, 1.807) is 13.2 Å². The van der Waals surface area contributed by atoms with Gasteiger partial charge in [-0.05, 0) is 30.9 Å². The zero-order chi connectivity index (χ0) is 16.7. The van der Waals surface area contributed by atoms with Crippen LogP contribution in [-0.4, -0.2) is 47.8 Å². The highest BCUT2D eigenvalue weighted by Gasteiger charge is 2.30. The molecule has 0 bridgehead atoms. The van der Waals surface area contributed by atoms with Gasteiger partial charge in [0.05, 0.1) is 5.69 Å². The molecule has 1 aliphatic carbocycles. The van der Waals surface area contributed by atoms with Gasteiger partial charge in [-0.25, -0.2) is 18.1 Å². The normalized spacial score (nSPS) is 17.8. The Labute approximate surface area is 141 Å². The first-order valence-corrected chi connectivity index (χ1v) is 9.58. The van der Waals surface area contributed by atoms with Gasteiger partial charge in [-0.15, -0.1) is 5.10 Å². The summed E-state index contributed by atoms with van der Waals surface area (Å²) in [5.41, 5.74) is 2.43. The summed E-state index contributed by atoms with van der Waals surface area (Å²) < 4.78 is 28.6. The van der Waals surface area contributed by atoms with E-state index in [2.05, 4.69) is 30.9 Å². The van der Waals surface area contributed by atoms with Gasteiger partial charge in [0.2, 0.25) is 5.16 Å². The third-order valence-electron chi connectivity index (χ3n) is 4.67. The SMILES string of the molecule is Cn1ccnc1S(=O)(=O)NCC1CN(c2cc3c(nn2)CCC3)C1. The van der Waals surface area contributed by atoms with E-state index in [9.17, 15) is 8.42 Å². The lowest BCUT2D eigenvalue weighted by Gasteiger charge is -2.40. The van der Waals surface area contributed by atoms with Crippen LogP contribution in [0.25, 0.3) is 0 Å². The minimum absolute atomic E-state index is 0.0446. The molecular formula is C15H20N6O2S. The van der Waals surface area contributed by atoms with Gasteiger partial charge in [0, 0.05) is 45.0 Å². The minimum atomic E-state index is -3.55. The molecule has 2 aromatic heterocycles. The highest BCUT2D eigenvalue weighted by molar-refractivity contribution is 7.89. The van der Waals surface area contributed by atoms with Crippen LogP contribution in [0.3, 0.4) is 0 Å². The van der Waals surface area contributed by atoms with Gasteiger partial charge in [-0.1, -0.05) is 0 Å². The summed E-state index contributed by atoms with van der Waals surface area (Å²) in [5, 5.41) is 8.64. The molecule has 0 radical (unpaired) electrons. The van der Waals surface area contributed by atoms with Crippen LogP contribution in [0.1, 0.15) is 17.7 Å². The molecule has 0 unspecified atom stereocenters. The van der Waals surface area contributed by atoms with Gasteiger partial charge in [0.15, 0.2) is 5.82 Å². The van der Waals surface area contributed by atoms with Crippen molar-refractivity contribution in [3.63, 3.8) is 0 Å². The standard InChI is InChI=1S/C15H20N6O2S/c1-20-6-5-16-15(20)24(22,23)17-8-11-9-21(10-11)14-7-12-3-2-4-13(12)18-19-14/h5-7,11,17H,2-4,8-10H2,1H3. The summed E-state index contributed by atoms with van der Waals surface area (Å²) >= 11 is 0. The van der Waals surface area contributed by atoms with Crippen molar-refractivity contribution in [2.24, 2.45) is 13.0 Å². The highest BCUT2D eigenvalue weighted by Crippen LogP contribution is 2.27. The summed E-state index contributed by atoms with van der Waals surface area (Å²) in [6, 6.07) is 2.13. The molecule has 1 saturated heterocycles. The Kier molecular flexibility index (Phi) is 3.76. The molecule has 0 atom stereocenters. The fraction of sp³-hybridized carbons (Fsp3) is 0.533. The Morgan fingerprint density at radius 3 is 2.88 bits per heavy atom. The van der Waals surface area contributed by atoms with Crippen molar-refractivity contribution in [3.8, 4) is 0 Å². The molecule has 128 valence electrons. The van der Waals surface area contributed by atoms with Crippen LogP contribution in [-0.2, 0) is 29.9 Å². The summed E-state index contributed by atoms with van der Waals surface area (Å²) in [4.78, 5) is 6.03. The van der Waals surface area contributed by atoms with E-state index in [4.69, 9.17) is 0 Å². The monoisotopic (exact) mass is 348 g/mol. The average molecular weight is 348 g/mol. The lowest BCUT2D eigenvalue weighted by atomic mass is 10.0. The maximum absolute atomic E-state index is 12.2. The molecule has 4 rings (SSSR count). The number of hydrogen-bond donors (Lipinski definition) is 1. The molecule has 2 aliphatic rings. The third-order valence-corrected chi connectivity index (χ3v) is 6.09. The molecule has 3 heterocycles. The number of imidazole rings is 1. The molecule has 9 heteroatoms. The number of rotatable bonds is 5. The highest BCUT2D eigenvalue weighted by atomic mass is 32.2. The van der Waals surface area contributed by atoms with E-state index in [1.165, 1.54) is 16.3 Å². The van der Waals surface area contributed by atoms with Crippen molar-refractivity contribution in [3.05, 3.63) is 29.7 Å². The number of aryl methyl sites for hydroxylation is 3. The molecule has 0 saturated carbocycles. The zero-order valence-electron chi connectivity index (χ0n) is 13.5. The van der Waals surface area contributed by atoms with Gasteiger partial charge < -0.3 is 9.47 Å². The first-order chi connectivity index (χ1) is 11.5. The molecule has 24 heavy (non-hydrogen) atoms. The van der Waals surface area contributed by atoms with Gasteiger partial charge in [0.1, 0.15) is 0 Å². The summed E-state index contributed by atoms with van der Waals surface area (Å²) in [6.45, 7) is 1.98. The Bertz CT molecular complexity index is 857. The van der Waals surface area contributed by atoms with E-state index < -0.39 is 10.0 Å². The second-order valence-corrected chi connectivity index (χ2v) is 8.13. The smallest absolute Gasteiger partial charge is 0.274 e. The van der Waals surface area contributed by atoms with Crippen molar-refractivity contribution in [2.45, 2.75) is 24.4 Å². The van der Waals surface area contributed by atoms with Crippen LogP contribution >= 0.6 is 0 Å². The van der Waals surface area contributed by atoms with Crippen LogP contribution in [0.4, 0.5) is 5.82 Å². The quantitative estimate of drug-likeness (QED) is 0.825. The number of nitrogens with one attached hydrogen (secondary N) is 1. The van der Waals surface area contributed by atoms with Gasteiger partial charge in [-0.2, -0.15) is 5.10 Å². The van der Waals surface area contributed by atoms with Crippen LogP contribution < -0.4 is 9.62 Å². The molecule has 1 N–H and O–H groups in total. The fourth-order valence-corrected chi connectivity index (χ4v) is 4.48. The number of sulfonamides is 1. The Morgan fingerprint density at radius 1 is 1.29 bits per heavy atom. The van der Waals surface area contributed by atoms with Crippen LogP contribution in [0, 0.1) is 5.92 Å². The zero-order valence-corrected chi connectivity index (χ0v) is 14.3. The number of nitrogens with zero attached hydrogens (tertiary/aromatic N) is 5. The number of anilines is 1. The molecule has 0 aromatic carbocycles. The topological polar surface area (TPSA) is 93.0 Å². The van der Waals surface area contributed by atoms with E-state index in [0.29, 0.717) is 6.54 Å². The molecule has 1 fully saturated rings. The minimum Gasteiger partial charge on any atom is -0.354 e. The van der Waals surface area contributed by atoms with Crippen molar-refractivity contribution in [1.82, 2.24) is 24.5 Å². The number of hydrogen-bond acceptors (Lipinski definition) is 6. The Hall–Kier alpha value is -2.00. The van der Waals surface area contributed by atoms with Gasteiger partial charge in [-0.3, -0.25) is 0 Å². The molecule has 1 aliphatic heterocycles. The predicted molar refractivity (Wildman–Crippen MR) is 88.2 cm³/mol. The van der Waals surface area contributed by atoms with Crippen molar-refractivity contribution in [2.75, 3.05) is 24.5 Å².